The normalized spacial score (nSPS) is 12.3. The molecule has 1 unspecified atom stereocenters. The van der Waals surface area contributed by atoms with E-state index in [-0.39, 0.29) is 31.1 Å². The highest BCUT2D eigenvalue weighted by molar-refractivity contribution is 5.71. The third kappa shape index (κ3) is 60.1. The molecule has 6 heteroatoms. The van der Waals surface area contributed by atoms with Gasteiger partial charge in [-0.05, 0) is 83.5 Å². The molecule has 426 valence electrons. The van der Waals surface area contributed by atoms with Gasteiger partial charge < -0.3 is 14.2 Å². The lowest BCUT2D eigenvalue weighted by Gasteiger charge is -2.18. The molecule has 0 aliphatic carbocycles. The quantitative estimate of drug-likeness (QED) is 0.0261. The largest absolute Gasteiger partial charge is 0.462 e. The number of hydrogen-bond donors (Lipinski definition) is 0. The summed E-state index contributed by atoms with van der Waals surface area (Å²) in [5, 5.41) is 0. The van der Waals surface area contributed by atoms with Crippen LogP contribution in [0.5, 0.6) is 0 Å². The Hall–Kier alpha value is -2.63. The van der Waals surface area contributed by atoms with E-state index in [1.54, 1.807) is 0 Å². The number of esters is 3. The number of hydrogen-bond acceptors (Lipinski definition) is 6. The molecule has 0 saturated heterocycles. The monoisotopic (exact) mass is 1020 g/mol. The van der Waals surface area contributed by atoms with Crippen molar-refractivity contribution in [3.05, 3.63) is 48.6 Å². The van der Waals surface area contributed by atoms with Crippen molar-refractivity contribution in [2.45, 2.75) is 348 Å². The zero-order valence-corrected chi connectivity index (χ0v) is 48.9. The van der Waals surface area contributed by atoms with Gasteiger partial charge in [0.15, 0.2) is 6.10 Å². The molecule has 1 atom stereocenters. The molecule has 0 aromatic carbocycles. The average Bonchev–Trinajstić information content (AvgIpc) is 3.39. The standard InChI is InChI=1S/C67H122O6/c1-4-7-10-13-16-19-22-25-27-29-31-33-34-35-37-38-40-42-45-48-51-54-57-60-66(69)72-63-64(62-71-65(68)59-56-53-50-47-44-24-21-18-15-12-9-6-3)73-67(70)61-58-55-52-49-46-43-41-39-36-32-30-28-26-23-20-17-14-11-8-5-2/h18,21-22,25,29,31,34-35,64H,4-17,19-20,23-24,26-28,30,32-33,36-63H2,1-3H3/b21-18-,25-22-,31-29-,35-34-. The van der Waals surface area contributed by atoms with Crippen LogP contribution in [0.4, 0.5) is 0 Å². The van der Waals surface area contributed by atoms with Crippen LogP contribution in [0.15, 0.2) is 48.6 Å². The van der Waals surface area contributed by atoms with Gasteiger partial charge in [-0.1, -0.05) is 288 Å². The van der Waals surface area contributed by atoms with Crippen molar-refractivity contribution >= 4 is 17.9 Å². The molecule has 6 nitrogen and oxygen atoms in total. The average molecular weight is 1020 g/mol. The van der Waals surface area contributed by atoms with Crippen molar-refractivity contribution < 1.29 is 28.6 Å². The second-order valence-electron chi connectivity index (χ2n) is 21.7. The molecule has 0 spiro atoms. The zero-order chi connectivity index (χ0) is 52.9. The molecule has 0 saturated carbocycles. The number of carbonyl (C=O) groups excluding carboxylic acids is 3. The molecule has 0 amide bonds. The Morgan fingerprint density at radius 2 is 0.493 bits per heavy atom. The van der Waals surface area contributed by atoms with Gasteiger partial charge in [-0.15, -0.1) is 0 Å². The molecule has 0 N–H and O–H groups in total. The van der Waals surface area contributed by atoms with E-state index >= 15 is 0 Å². The van der Waals surface area contributed by atoms with Crippen LogP contribution in [0, 0.1) is 0 Å². The van der Waals surface area contributed by atoms with E-state index < -0.39 is 6.10 Å². The number of unbranched alkanes of at least 4 members (excludes halogenated alkanes) is 40. The Kier molecular flexibility index (Phi) is 59.7. The van der Waals surface area contributed by atoms with Crippen LogP contribution in [0.2, 0.25) is 0 Å². The Morgan fingerprint density at radius 1 is 0.274 bits per heavy atom. The Bertz CT molecular complexity index is 1270. The fourth-order valence-corrected chi connectivity index (χ4v) is 9.45. The predicted octanol–water partition coefficient (Wildman–Crippen LogP) is 21.8. The van der Waals surface area contributed by atoms with Gasteiger partial charge in [-0.3, -0.25) is 14.4 Å². The number of ether oxygens (including phenoxy) is 3. The topological polar surface area (TPSA) is 78.9 Å². The van der Waals surface area contributed by atoms with Gasteiger partial charge in [0.1, 0.15) is 13.2 Å². The minimum absolute atomic E-state index is 0.0764. The molecular weight excluding hydrogens is 901 g/mol. The second-order valence-corrected chi connectivity index (χ2v) is 21.7. The number of carbonyl (C=O) groups is 3. The molecule has 0 aromatic rings. The van der Waals surface area contributed by atoms with E-state index in [1.165, 1.54) is 218 Å². The molecule has 0 aromatic heterocycles. The molecule has 0 aliphatic rings. The summed E-state index contributed by atoms with van der Waals surface area (Å²) in [6.07, 6.45) is 76.9. The first-order chi connectivity index (χ1) is 36.0. The highest BCUT2D eigenvalue weighted by Gasteiger charge is 2.19. The lowest BCUT2D eigenvalue weighted by molar-refractivity contribution is -0.167. The Labute approximate surface area is 454 Å². The van der Waals surface area contributed by atoms with Crippen molar-refractivity contribution in [1.29, 1.82) is 0 Å². The highest BCUT2D eigenvalue weighted by atomic mass is 16.6. The minimum atomic E-state index is -0.778. The van der Waals surface area contributed by atoms with E-state index in [2.05, 4.69) is 69.4 Å². The maximum Gasteiger partial charge on any atom is 0.306 e. The number of allylic oxidation sites excluding steroid dienone is 8. The van der Waals surface area contributed by atoms with Crippen molar-refractivity contribution in [2.75, 3.05) is 13.2 Å². The minimum Gasteiger partial charge on any atom is -0.462 e. The highest BCUT2D eigenvalue weighted by Crippen LogP contribution is 2.17. The van der Waals surface area contributed by atoms with Crippen LogP contribution in [0.3, 0.4) is 0 Å². The summed E-state index contributed by atoms with van der Waals surface area (Å²) in [5.41, 5.74) is 0. The molecular formula is C67H122O6. The third-order valence-corrected chi connectivity index (χ3v) is 14.3. The first-order valence-corrected chi connectivity index (χ1v) is 32.1. The van der Waals surface area contributed by atoms with Crippen LogP contribution in [-0.4, -0.2) is 37.2 Å². The summed E-state index contributed by atoms with van der Waals surface area (Å²) >= 11 is 0. The van der Waals surface area contributed by atoms with Gasteiger partial charge in [0, 0.05) is 19.3 Å². The van der Waals surface area contributed by atoms with Crippen molar-refractivity contribution in [2.24, 2.45) is 0 Å². The zero-order valence-electron chi connectivity index (χ0n) is 48.9. The van der Waals surface area contributed by atoms with Crippen molar-refractivity contribution in [3.63, 3.8) is 0 Å². The fraction of sp³-hybridized carbons (Fsp3) is 0.836. The smallest absolute Gasteiger partial charge is 0.306 e. The summed E-state index contributed by atoms with van der Waals surface area (Å²) < 4.78 is 16.9. The van der Waals surface area contributed by atoms with E-state index in [9.17, 15) is 14.4 Å². The third-order valence-electron chi connectivity index (χ3n) is 14.3. The SMILES string of the molecule is CCCCC/C=C\CCCCCCCC(=O)OCC(COC(=O)CCCCCCCCCC/C=C\C/C=C\C/C=C\CCCCCCC)OC(=O)CCCCCCCCCCCCCCCCCCCCCC. The lowest BCUT2D eigenvalue weighted by Crippen LogP contribution is -2.30. The van der Waals surface area contributed by atoms with Crippen LogP contribution in [-0.2, 0) is 28.6 Å². The van der Waals surface area contributed by atoms with E-state index in [0.29, 0.717) is 19.3 Å². The van der Waals surface area contributed by atoms with Gasteiger partial charge in [0.2, 0.25) is 0 Å². The molecule has 0 bridgehead atoms. The fourth-order valence-electron chi connectivity index (χ4n) is 9.45. The summed E-state index contributed by atoms with van der Waals surface area (Å²) in [6, 6.07) is 0. The first-order valence-electron chi connectivity index (χ1n) is 32.1. The summed E-state index contributed by atoms with van der Waals surface area (Å²) in [6.45, 7) is 6.64. The maximum absolute atomic E-state index is 12.9. The first kappa shape index (κ1) is 70.4. The maximum atomic E-state index is 12.9. The summed E-state index contributed by atoms with van der Waals surface area (Å²) in [5.74, 6) is -0.872. The molecule has 0 rings (SSSR count). The molecule has 0 radical (unpaired) electrons. The Balaban J connectivity index is 4.29. The van der Waals surface area contributed by atoms with Crippen molar-refractivity contribution in [3.8, 4) is 0 Å². The van der Waals surface area contributed by atoms with E-state index in [1.807, 2.05) is 0 Å². The van der Waals surface area contributed by atoms with Crippen LogP contribution in [0.1, 0.15) is 342 Å². The molecule has 73 heavy (non-hydrogen) atoms. The second kappa shape index (κ2) is 61.9. The summed E-state index contributed by atoms with van der Waals surface area (Å²) in [4.78, 5) is 38.3. The van der Waals surface area contributed by atoms with E-state index in [0.717, 1.165) is 83.5 Å². The van der Waals surface area contributed by atoms with Crippen LogP contribution in [0.25, 0.3) is 0 Å². The van der Waals surface area contributed by atoms with Crippen molar-refractivity contribution in [1.82, 2.24) is 0 Å². The van der Waals surface area contributed by atoms with Gasteiger partial charge in [-0.2, -0.15) is 0 Å². The van der Waals surface area contributed by atoms with Crippen LogP contribution >= 0.6 is 0 Å². The summed E-state index contributed by atoms with van der Waals surface area (Å²) in [7, 11) is 0. The van der Waals surface area contributed by atoms with Gasteiger partial charge >= 0.3 is 17.9 Å². The molecule has 0 heterocycles. The Morgan fingerprint density at radius 3 is 0.808 bits per heavy atom. The van der Waals surface area contributed by atoms with Crippen LogP contribution < -0.4 is 0 Å². The van der Waals surface area contributed by atoms with E-state index in [4.69, 9.17) is 14.2 Å². The number of rotatable bonds is 59. The van der Waals surface area contributed by atoms with Gasteiger partial charge in [0.25, 0.3) is 0 Å². The lowest BCUT2D eigenvalue weighted by atomic mass is 10.0. The van der Waals surface area contributed by atoms with Gasteiger partial charge in [-0.25, -0.2) is 0 Å². The molecule has 0 aliphatic heterocycles. The van der Waals surface area contributed by atoms with Gasteiger partial charge in [0.05, 0.1) is 0 Å². The molecule has 0 fully saturated rings. The predicted molar refractivity (Wildman–Crippen MR) is 316 cm³/mol.